The molecule has 0 spiro atoms. The van der Waals surface area contributed by atoms with Gasteiger partial charge in [0, 0.05) is 12.1 Å². The van der Waals surface area contributed by atoms with Gasteiger partial charge in [0.15, 0.2) is 5.82 Å². The number of isocyanates is 1. The Balaban J connectivity index is 2.32. The smallest absolute Gasteiger partial charge is 0.242 e. The van der Waals surface area contributed by atoms with Gasteiger partial charge in [-0.25, -0.2) is 9.78 Å². The zero-order valence-corrected chi connectivity index (χ0v) is 8.97. The summed E-state index contributed by atoms with van der Waals surface area (Å²) in [5, 5.41) is 0. The normalized spacial score (nSPS) is 15.1. The van der Waals surface area contributed by atoms with E-state index in [1.165, 1.54) is 12.8 Å². The van der Waals surface area contributed by atoms with Crippen LogP contribution < -0.4 is 0 Å². The van der Waals surface area contributed by atoms with Crippen molar-refractivity contribution < 1.29 is 4.79 Å². The van der Waals surface area contributed by atoms with E-state index in [-0.39, 0.29) is 0 Å². The molecule has 0 atom stereocenters. The highest BCUT2D eigenvalue weighted by Crippen LogP contribution is 2.41. The lowest BCUT2D eigenvalue weighted by Gasteiger charge is -1.99. The van der Waals surface area contributed by atoms with E-state index in [0.29, 0.717) is 11.7 Å². The summed E-state index contributed by atoms with van der Waals surface area (Å²) < 4.78 is 2.03. The highest BCUT2D eigenvalue weighted by atomic mass is 16.1. The van der Waals surface area contributed by atoms with Gasteiger partial charge in [0.05, 0.1) is 5.52 Å². The SMILES string of the molecule is Cc1ccn2c(C3CC3)nc(N=C=O)c2c1. The van der Waals surface area contributed by atoms with Crippen molar-refractivity contribution in [1.29, 1.82) is 0 Å². The van der Waals surface area contributed by atoms with Gasteiger partial charge in [-0.05, 0) is 37.5 Å². The van der Waals surface area contributed by atoms with Crippen LogP contribution in [0, 0.1) is 6.92 Å². The molecular weight excluding hydrogens is 202 g/mol. The molecule has 1 fully saturated rings. The number of pyridine rings is 1. The number of hydrogen-bond acceptors (Lipinski definition) is 3. The van der Waals surface area contributed by atoms with Crippen LogP contribution in [0.15, 0.2) is 23.3 Å². The van der Waals surface area contributed by atoms with Gasteiger partial charge in [-0.15, -0.1) is 4.99 Å². The molecule has 4 nitrogen and oxygen atoms in total. The zero-order valence-electron chi connectivity index (χ0n) is 8.97. The summed E-state index contributed by atoms with van der Waals surface area (Å²) >= 11 is 0. The highest BCUT2D eigenvalue weighted by Gasteiger charge is 2.29. The second-order valence-corrected chi connectivity index (χ2v) is 4.23. The van der Waals surface area contributed by atoms with Crippen LogP contribution in [0.2, 0.25) is 0 Å². The first kappa shape index (κ1) is 9.31. The number of carbonyl (C=O) groups excluding carboxylic acids is 1. The summed E-state index contributed by atoms with van der Waals surface area (Å²) in [6.07, 6.45) is 5.92. The van der Waals surface area contributed by atoms with Crippen LogP contribution in [0.4, 0.5) is 5.82 Å². The largest absolute Gasteiger partial charge is 0.301 e. The second-order valence-electron chi connectivity index (χ2n) is 4.23. The number of aliphatic imine (C=N–C) groups is 1. The molecule has 0 N–H and O–H groups in total. The third-order valence-electron chi connectivity index (χ3n) is 2.90. The lowest BCUT2D eigenvalue weighted by Crippen LogP contribution is -1.91. The molecule has 80 valence electrons. The predicted molar refractivity (Wildman–Crippen MR) is 59.7 cm³/mol. The fourth-order valence-electron chi connectivity index (χ4n) is 1.95. The third kappa shape index (κ3) is 1.35. The number of hydrogen-bond donors (Lipinski definition) is 0. The van der Waals surface area contributed by atoms with Crippen LogP contribution >= 0.6 is 0 Å². The molecule has 0 aliphatic heterocycles. The molecule has 2 aromatic heterocycles. The average molecular weight is 213 g/mol. The van der Waals surface area contributed by atoms with Crippen molar-refractivity contribution in [3.63, 3.8) is 0 Å². The number of fused-ring (bicyclic) bond motifs is 1. The summed E-state index contributed by atoms with van der Waals surface area (Å²) in [7, 11) is 0. The fraction of sp³-hybridized carbons (Fsp3) is 0.333. The van der Waals surface area contributed by atoms with Crippen molar-refractivity contribution in [2.24, 2.45) is 4.99 Å². The van der Waals surface area contributed by atoms with Gasteiger partial charge in [-0.1, -0.05) is 0 Å². The van der Waals surface area contributed by atoms with Crippen molar-refractivity contribution in [2.45, 2.75) is 25.7 Å². The molecule has 0 amide bonds. The summed E-state index contributed by atoms with van der Waals surface area (Å²) in [4.78, 5) is 18.4. The molecule has 3 rings (SSSR count). The van der Waals surface area contributed by atoms with Crippen molar-refractivity contribution in [1.82, 2.24) is 9.38 Å². The maximum Gasteiger partial charge on any atom is 0.242 e. The van der Waals surface area contributed by atoms with Crippen molar-refractivity contribution >= 4 is 17.4 Å². The fourth-order valence-corrected chi connectivity index (χ4v) is 1.95. The number of imidazole rings is 1. The summed E-state index contributed by atoms with van der Waals surface area (Å²) in [5.41, 5.74) is 2.03. The highest BCUT2D eigenvalue weighted by molar-refractivity contribution is 5.69. The molecular formula is C12H11N3O. The molecule has 0 radical (unpaired) electrons. The molecule has 1 saturated carbocycles. The van der Waals surface area contributed by atoms with Crippen molar-refractivity contribution in [3.8, 4) is 0 Å². The maximum absolute atomic E-state index is 10.4. The Kier molecular flexibility index (Phi) is 1.91. The van der Waals surface area contributed by atoms with Crippen LogP contribution in [0.25, 0.3) is 5.52 Å². The molecule has 0 bridgehead atoms. The van der Waals surface area contributed by atoms with Crippen molar-refractivity contribution in [2.75, 3.05) is 0 Å². The first-order valence-corrected chi connectivity index (χ1v) is 5.36. The van der Waals surface area contributed by atoms with Crippen LogP contribution in [-0.2, 0) is 4.79 Å². The van der Waals surface area contributed by atoms with E-state index in [0.717, 1.165) is 16.9 Å². The van der Waals surface area contributed by atoms with Gasteiger partial charge in [-0.3, -0.25) is 0 Å². The second kappa shape index (κ2) is 3.29. The minimum atomic E-state index is 0.487. The van der Waals surface area contributed by atoms with E-state index in [9.17, 15) is 4.79 Å². The lowest BCUT2D eigenvalue weighted by molar-refractivity contribution is 0.565. The van der Waals surface area contributed by atoms with E-state index in [2.05, 4.69) is 9.98 Å². The van der Waals surface area contributed by atoms with Crippen LogP contribution in [0.1, 0.15) is 30.1 Å². The predicted octanol–water partition coefficient (Wildman–Crippen LogP) is 2.49. The van der Waals surface area contributed by atoms with E-state index in [4.69, 9.17) is 0 Å². The molecule has 4 heteroatoms. The Hall–Kier alpha value is -1.93. The van der Waals surface area contributed by atoms with Gasteiger partial charge in [-0.2, -0.15) is 0 Å². The van der Waals surface area contributed by atoms with Crippen LogP contribution in [0.5, 0.6) is 0 Å². The standard InChI is InChI=1S/C12H11N3O/c1-8-4-5-15-10(6-8)11(13-7-16)14-12(15)9-2-3-9/h4-6,9H,2-3H2,1H3. The Morgan fingerprint density at radius 2 is 2.38 bits per heavy atom. The molecule has 0 saturated heterocycles. The summed E-state index contributed by atoms with van der Waals surface area (Å²) in [6.45, 7) is 2.01. The average Bonchev–Trinajstić information content (AvgIpc) is 3.04. The quantitative estimate of drug-likeness (QED) is 0.568. The Morgan fingerprint density at radius 1 is 1.56 bits per heavy atom. The minimum absolute atomic E-state index is 0.487. The summed E-state index contributed by atoms with van der Waals surface area (Å²) in [5.74, 6) is 2.04. The van der Waals surface area contributed by atoms with Gasteiger partial charge in [0.1, 0.15) is 5.82 Å². The number of rotatable bonds is 2. The van der Waals surface area contributed by atoms with E-state index >= 15 is 0 Å². The Bertz CT molecular complexity index is 604. The van der Waals surface area contributed by atoms with Gasteiger partial charge in [0.2, 0.25) is 6.08 Å². The molecule has 0 unspecified atom stereocenters. The lowest BCUT2D eigenvalue weighted by atomic mass is 10.3. The summed E-state index contributed by atoms with van der Waals surface area (Å²) in [6, 6.07) is 4.03. The van der Waals surface area contributed by atoms with Crippen LogP contribution in [0.3, 0.4) is 0 Å². The maximum atomic E-state index is 10.4. The molecule has 2 heterocycles. The Labute approximate surface area is 92.6 Å². The third-order valence-corrected chi connectivity index (χ3v) is 2.90. The minimum Gasteiger partial charge on any atom is -0.301 e. The van der Waals surface area contributed by atoms with Gasteiger partial charge < -0.3 is 4.40 Å². The van der Waals surface area contributed by atoms with E-state index < -0.39 is 0 Å². The molecule has 16 heavy (non-hydrogen) atoms. The van der Waals surface area contributed by atoms with Gasteiger partial charge in [0.25, 0.3) is 0 Å². The first-order valence-electron chi connectivity index (χ1n) is 5.36. The van der Waals surface area contributed by atoms with E-state index in [1.54, 1.807) is 6.08 Å². The topological polar surface area (TPSA) is 46.7 Å². The van der Waals surface area contributed by atoms with Gasteiger partial charge >= 0.3 is 0 Å². The molecule has 1 aliphatic carbocycles. The first-order chi connectivity index (χ1) is 7.79. The van der Waals surface area contributed by atoms with E-state index in [1.807, 2.05) is 29.7 Å². The number of nitrogens with zero attached hydrogens (tertiary/aromatic N) is 3. The molecule has 1 aliphatic rings. The van der Waals surface area contributed by atoms with Crippen LogP contribution in [-0.4, -0.2) is 15.5 Å². The molecule has 0 aromatic carbocycles. The zero-order chi connectivity index (χ0) is 11.1. The molecule has 2 aromatic rings. The number of aryl methyl sites for hydroxylation is 1. The number of aromatic nitrogens is 2. The van der Waals surface area contributed by atoms with Crippen molar-refractivity contribution in [3.05, 3.63) is 29.7 Å². The Morgan fingerprint density at radius 3 is 3.06 bits per heavy atom. The monoisotopic (exact) mass is 213 g/mol.